The van der Waals surface area contributed by atoms with Crippen LogP contribution in [0.4, 0.5) is 0 Å². The van der Waals surface area contributed by atoms with Crippen LogP contribution >= 0.6 is 0 Å². The van der Waals surface area contributed by atoms with Gasteiger partial charge in [-0.3, -0.25) is 11.3 Å². The van der Waals surface area contributed by atoms with E-state index in [-0.39, 0.29) is 11.8 Å². The molecule has 0 aliphatic rings. The normalized spacial score (nSPS) is 13.1. The second-order valence-corrected chi connectivity index (χ2v) is 6.51. The molecule has 7 heteroatoms. The van der Waals surface area contributed by atoms with Crippen LogP contribution in [0, 0.1) is 0 Å². The van der Waals surface area contributed by atoms with Gasteiger partial charge >= 0.3 is 0 Å². The molecule has 0 aliphatic heterocycles. The zero-order valence-electron chi connectivity index (χ0n) is 11.3. The van der Waals surface area contributed by atoms with Gasteiger partial charge in [-0.1, -0.05) is 6.07 Å². The summed E-state index contributed by atoms with van der Waals surface area (Å²) in [4.78, 5) is 0. The van der Waals surface area contributed by atoms with Crippen LogP contribution in [-0.4, -0.2) is 34.6 Å². The smallest absolute Gasteiger partial charge is 0.147 e. The Hall–Kier alpha value is -1.31. The van der Waals surface area contributed by atoms with E-state index in [0.717, 1.165) is 5.56 Å². The Morgan fingerprint density at radius 1 is 1.32 bits per heavy atom. The summed E-state index contributed by atoms with van der Waals surface area (Å²) >= 11 is 0. The number of hydrogen-bond acceptors (Lipinski definition) is 6. The number of sulfone groups is 1. The van der Waals surface area contributed by atoms with Crippen LogP contribution < -0.4 is 20.7 Å². The predicted molar refractivity (Wildman–Crippen MR) is 73.9 cm³/mol. The van der Waals surface area contributed by atoms with E-state index in [1.807, 2.05) is 6.07 Å². The molecule has 108 valence electrons. The first-order chi connectivity index (χ1) is 8.91. The molecule has 6 nitrogen and oxygen atoms in total. The van der Waals surface area contributed by atoms with Crippen LogP contribution in [0.2, 0.25) is 0 Å². The fourth-order valence-corrected chi connectivity index (χ4v) is 2.43. The van der Waals surface area contributed by atoms with Crippen molar-refractivity contribution in [2.45, 2.75) is 12.5 Å². The molecule has 0 aliphatic carbocycles. The maximum absolute atomic E-state index is 11.2. The first-order valence-corrected chi connectivity index (χ1v) is 7.83. The number of rotatable bonds is 7. The Kier molecular flexibility index (Phi) is 5.59. The van der Waals surface area contributed by atoms with Crippen molar-refractivity contribution in [1.29, 1.82) is 0 Å². The highest BCUT2D eigenvalue weighted by Gasteiger charge is 2.17. The standard InChI is InChI=1S/C12H20N2O4S/c1-17-9-4-5-10(12(8-9)18-2)11(14-13)6-7-19(3,15)16/h4-5,8,11,14H,6-7,13H2,1-3H3. The molecule has 0 amide bonds. The van der Waals surface area contributed by atoms with Gasteiger partial charge in [-0.25, -0.2) is 8.42 Å². The highest BCUT2D eigenvalue weighted by Crippen LogP contribution is 2.30. The maximum Gasteiger partial charge on any atom is 0.147 e. The Balaban J connectivity index is 2.97. The Morgan fingerprint density at radius 2 is 2.00 bits per heavy atom. The summed E-state index contributed by atoms with van der Waals surface area (Å²) in [5.74, 6) is 6.82. The van der Waals surface area contributed by atoms with Crippen LogP contribution in [0.25, 0.3) is 0 Å². The highest BCUT2D eigenvalue weighted by atomic mass is 32.2. The molecule has 1 rings (SSSR count). The molecule has 0 aromatic heterocycles. The van der Waals surface area contributed by atoms with Crippen LogP contribution in [0.15, 0.2) is 18.2 Å². The summed E-state index contributed by atoms with van der Waals surface area (Å²) in [7, 11) is 0.0796. The van der Waals surface area contributed by atoms with E-state index in [9.17, 15) is 8.42 Å². The van der Waals surface area contributed by atoms with Gasteiger partial charge in [-0.05, 0) is 12.5 Å². The molecular formula is C12H20N2O4S. The Labute approximate surface area is 113 Å². The molecular weight excluding hydrogens is 268 g/mol. The van der Waals surface area contributed by atoms with E-state index in [4.69, 9.17) is 15.3 Å². The number of benzene rings is 1. The third-order valence-corrected chi connectivity index (χ3v) is 3.77. The van der Waals surface area contributed by atoms with Crippen molar-refractivity contribution in [3.63, 3.8) is 0 Å². The maximum atomic E-state index is 11.2. The third-order valence-electron chi connectivity index (χ3n) is 2.79. The van der Waals surface area contributed by atoms with E-state index in [1.165, 1.54) is 6.26 Å². The van der Waals surface area contributed by atoms with E-state index in [1.54, 1.807) is 26.4 Å². The van der Waals surface area contributed by atoms with Gasteiger partial charge in [-0.2, -0.15) is 0 Å². The van der Waals surface area contributed by atoms with Crippen molar-refractivity contribution < 1.29 is 17.9 Å². The molecule has 0 heterocycles. The lowest BCUT2D eigenvalue weighted by Crippen LogP contribution is -2.29. The third kappa shape index (κ3) is 4.70. The van der Waals surface area contributed by atoms with Crippen molar-refractivity contribution in [2.24, 2.45) is 5.84 Å². The summed E-state index contributed by atoms with van der Waals surface area (Å²) in [5.41, 5.74) is 3.42. The van der Waals surface area contributed by atoms with Crippen LogP contribution in [0.5, 0.6) is 11.5 Å². The summed E-state index contributed by atoms with van der Waals surface area (Å²) in [6.45, 7) is 0. The van der Waals surface area contributed by atoms with Gasteiger partial charge in [0.1, 0.15) is 21.3 Å². The van der Waals surface area contributed by atoms with Gasteiger partial charge in [0.15, 0.2) is 0 Å². The number of nitrogens with two attached hydrogens (primary N) is 1. The summed E-state index contributed by atoms with van der Waals surface area (Å²) < 4.78 is 32.8. The zero-order chi connectivity index (χ0) is 14.5. The second kappa shape index (κ2) is 6.74. The van der Waals surface area contributed by atoms with Crippen LogP contribution in [0.3, 0.4) is 0 Å². The molecule has 0 bridgehead atoms. The van der Waals surface area contributed by atoms with Gasteiger partial charge < -0.3 is 9.47 Å². The number of ether oxygens (including phenoxy) is 2. The number of nitrogens with one attached hydrogen (secondary N) is 1. The SMILES string of the molecule is COc1ccc(C(CCS(C)(=O)=O)NN)c(OC)c1. The van der Waals surface area contributed by atoms with Crippen molar-refractivity contribution >= 4 is 9.84 Å². The van der Waals surface area contributed by atoms with E-state index in [2.05, 4.69) is 5.43 Å². The second-order valence-electron chi connectivity index (χ2n) is 4.25. The zero-order valence-corrected chi connectivity index (χ0v) is 12.2. The van der Waals surface area contributed by atoms with E-state index < -0.39 is 9.84 Å². The average Bonchev–Trinajstić information content (AvgIpc) is 2.38. The molecule has 1 atom stereocenters. The minimum absolute atomic E-state index is 0.0526. The Morgan fingerprint density at radius 3 is 2.47 bits per heavy atom. The summed E-state index contributed by atoms with van der Waals surface area (Å²) in [6, 6.07) is 5.03. The van der Waals surface area contributed by atoms with Gasteiger partial charge in [0, 0.05) is 17.9 Å². The number of hydrazine groups is 1. The quantitative estimate of drug-likeness (QED) is 0.565. The fourth-order valence-electron chi connectivity index (χ4n) is 1.77. The lowest BCUT2D eigenvalue weighted by atomic mass is 10.0. The van der Waals surface area contributed by atoms with Gasteiger partial charge in [0.2, 0.25) is 0 Å². The van der Waals surface area contributed by atoms with Crippen molar-refractivity contribution in [3.05, 3.63) is 23.8 Å². The van der Waals surface area contributed by atoms with Gasteiger partial charge in [0.25, 0.3) is 0 Å². The highest BCUT2D eigenvalue weighted by molar-refractivity contribution is 7.90. The van der Waals surface area contributed by atoms with Crippen LogP contribution in [0.1, 0.15) is 18.0 Å². The molecule has 3 N–H and O–H groups in total. The van der Waals surface area contributed by atoms with Gasteiger partial charge in [0.05, 0.1) is 26.0 Å². The first-order valence-electron chi connectivity index (χ1n) is 5.77. The van der Waals surface area contributed by atoms with Crippen molar-refractivity contribution in [3.8, 4) is 11.5 Å². The average molecular weight is 288 g/mol. The van der Waals surface area contributed by atoms with Crippen molar-refractivity contribution in [2.75, 3.05) is 26.2 Å². The summed E-state index contributed by atoms with van der Waals surface area (Å²) in [6.07, 6.45) is 1.57. The molecule has 19 heavy (non-hydrogen) atoms. The molecule has 0 spiro atoms. The monoisotopic (exact) mass is 288 g/mol. The Bertz CT molecular complexity index is 516. The molecule has 1 unspecified atom stereocenters. The lowest BCUT2D eigenvalue weighted by molar-refractivity contribution is 0.383. The minimum Gasteiger partial charge on any atom is -0.497 e. The number of hydrogen-bond donors (Lipinski definition) is 2. The molecule has 0 radical (unpaired) electrons. The predicted octanol–water partition coefficient (Wildman–Crippen LogP) is 0.643. The van der Waals surface area contributed by atoms with Gasteiger partial charge in [-0.15, -0.1) is 0 Å². The first kappa shape index (κ1) is 15.7. The van der Waals surface area contributed by atoms with Crippen molar-refractivity contribution in [1.82, 2.24) is 5.43 Å². The molecule has 1 aromatic carbocycles. The molecule has 0 saturated heterocycles. The van der Waals surface area contributed by atoms with E-state index >= 15 is 0 Å². The lowest BCUT2D eigenvalue weighted by Gasteiger charge is -2.19. The topological polar surface area (TPSA) is 90.7 Å². The number of methoxy groups -OCH3 is 2. The largest absolute Gasteiger partial charge is 0.497 e. The van der Waals surface area contributed by atoms with Crippen LogP contribution in [-0.2, 0) is 9.84 Å². The minimum atomic E-state index is -3.03. The van der Waals surface area contributed by atoms with E-state index in [0.29, 0.717) is 17.9 Å². The molecule has 1 aromatic rings. The fraction of sp³-hybridized carbons (Fsp3) is 0.500. The molecule has 0 saturated carbocycles. The summed E-state index contributed by atoms with van der Waals surface area (Å²) in [5, 5.41) is 0. The molecule has 0 fully saturated rings.